The van der Waals surface area contributed by atoms with Crippen LogP contribution in [0.1, 0.15) is 25.0 Å². The first-order valence-corrected chi connectivity index (χ1v) is 19.7. The molecule has 0 fully saturated rings. The Morgan fingerprint density at radius 1 is 0.339 bits per heavy atom. The van der Waals surface area contributed by atoms with Gasteiger partial charge in [-0.3, -0.25) is 0 Å². The zero-order valence-electron chi connectivity index (χ0n) is 31.3. The summed E-state index contributed by atoms with van der Waals surface area (Å²) in [5.41, 5.74) is 14.0. The van der Waals surface area contributed by atoms with E-state index >= 15 is 0 Å². The van der Waals surface area contributed by atoms with Crippen LogP contribution < -0.4 is 0 Å². The van der Waals surface area contributed by atoms with Crippen LogP contribution in [0.4, 0.5) is 0 Å². The molecule has 0 N–H and O–H groups in total. The van der Waals surface area contributed by atoms with Gasteiger partial charge in [0.15, 0.2) is 0 Å². The van der Waals surface area contributed by atoms with Crippen molar-refractivity contribution in [3.05, 3.63) is 199 Å². The molecule has 1 heteroatoms. The zero-order valence-corrected chi connectivity index (χ0v) is 31.3. The second-order valence-electron chi connectivity index (χ2n) is 16.2. The number of rotatable bonds is 3. The molecule has 11 aromatic rings. The molecule has 1 aromatic heterocycles. The largest absolute Gasteiger partial charge is 0.309 e. The highest BCUT2D eigenvalue weighted by atomic mass is 15.0. The van der Waals surface area contributed by atoms with Crippen LogP contribution in [0.2, 0.25) is 0 Å². The summed E-state index contributed by atoms with van der Waals surface area (Å²) in [7, 11) is 0. The summed E-state index contributed by atoms with van der Waals surface area (Å²) in [6.07, 6.45) is 0. The van der Waals surface area contributed by atoms with Gasteiger partial charge in [-0.1, -0.05) is 141 Å². The molecular weight excluding hydrogens is 675 g/mol. The van der Waals surface area contributed by atoms with Crippen LogP contribution in [0.25, 0.3) is 104 Å². The van der Waals surface area contributed by atoms with Crippen LogP contribution in [0, 0.1) is 0 Å². The van der Waals surface area contributed by atoms with Crippen molar-refractivity contribution in [1.29, 1.82) is 0 Å². The first kappa shape index (κ1) is 31.4. The summed E-state index contributed by atoms with van der Waals surface area (Å²) in [5.74, 6) is 0. The Balaban J connectivity index is 0.989. The number of hydrogen-bond acceptors (Lipinski definition) is 0. The van der Waals surface area contributed by atoms with Crippen molar-refractivity contribution in [3.8, 4) is 39.1 Å². The highest BCUT2D eigenvalue weighted by Crippen LogP contribution is 2.52. The molecule has 10 aromatic carbocycles. The topological polar surface area (TPSA) is 4.93 Å². The van der Waals surface area contributed by atoms with E-state index in [0.29, 0.717) is 0 Å². The summed E-state index contributed by atoms with van der Waals surface area (Å²) in [5, 5.41) is 12.8. The third-order valence-corrected chi connectivity index (χ3v) is 12.7. The maximum absolute atomic E-state index is 2.45. The highest BCUT2D eigenvalue weighted by molar-refractivity contribution is 6.11. The van der Waals surface area contributed by atoms with E-state index in [1.807, 2.05) is 0 Å². The van der Waals surface area contributed by atoms with Crippen LogP contribution in [0.5, 0.6) is 0 Å². The van der Waals surface area contributed by atoms with Gasteiger partial charge >= 0.3 is 0 Å². The summed E-state index contributed by atoms with van der Waals surface area (Å²) in [6.45, 7) is 4.82. The van der Waals surface area contributed by atoms with Crippen LogP contribution in [-0.2, 0) is 5.41 Å². The summed E-state index contributed by atoms with van der Waals surface area (Å²) < 4.78 is 2.45. The Kier molecular flexibility index (Phi) is 6.46. The smallest absolute Gasteiger partial charge is 0.0541 e. The highest BCUT2D eigenvalue weighted by Gasteiger charge is 2.37. The van der Waals surface area contributed by atoms with E-state index in [1.54, 1.807) is 0 Å². The van der Waals surface area contributed by atoms with E-state index in [4.69, 9.17) is 0 Å². The third kappa shape index (κ3) is 4.55. The average Bonchev–Trinajstić information content (AvgIpc) is 3.70. The van der Waals surface area contributed by atoms with Gasteiger partial charge in [-0.2, -0.15) is 0 Å². The van der Waals surface area contributed by atoms with Gasteiger partial charge in [0.25, 0.3) is 0 Å². The maximum Gasteiger partial charge on any atom is 0.0541 e. The fourth-order valence-corrected chi connectivity index (χ4v) is 9.87. The molecule has 0 radical (unpaired) electrons. The third-order valence-electron chi connectivity index (χ3n) is 12.7. The van der Waals surface area contributed by atoms with Crippen molar-refractivity contribution in [2.75, 3.05) is 0 Å². The standard InChI is InChI=1S/C55H37N/c1-55(2)51-33-42(39-18-16-35-10-4-6-12-37(35)28-39)20-24-46(51)48-25-21-43-29-40-19-23-45(30-44(40)32-49(43)54(48)55)56-52-14-8-7-13-47(52)50-31-41(22-26-53(50)56)38-17-15-34-9-3-5-11-36(34)27-38/h3-33H,1-2H3. The summed E-state index contributed by atoms with van der Waals surface area (Å²) in [6, 6.07) is 70.3. The van der Waals surface area contributed by atoms with Crippen molar-refractivity contribution >= 4 is 64.9 Å². The van der Waals surface area contributed by atoms with Crippen LogP contribution in [0.3, 0.4) is 0 Å². The number of fused-ring (bicyclic) bond motifs is 11. The lowest BCUT2D eigenvalue weighted by atomic mass is 9.79. The molecule has 1 aliphatic carbocycles. The summed E-state index contributed by atoms with van der Waals surface area (Å²) >= 11 is 0. The van der Waals surface area contributed by atoms with E-state index in [0.717, 1.165) is 0 Å². The second-order valence-corrected chi connectivity index (χ2v) is 16.2. The number of aromatic nitrogens is 1. The van der Waals surface area contributed by atoms with E-state index < -0.39 is 0 Å². The minimum Gasteiger partial charge on any atom is -0.309 e. The molecule has 0 saturated carbocycles. The molecule has 1 heterocycles. The van der Waals surface area contributed by atoms with Crippen molar-refractivity contribution in [2.24, 2.45) is 0 Å². The van der Waals surface area contributed by atoms with Gasteiger partial charge in [0.05, 0.1) is 11.0 Å². The lowest BCUT2D eigenvalue weighted by Crippen LogP contribution is -2.15. The Morgan fingerprint density at radius 3 is 1.66 bits per heavy atom. The fraction of sp³-hybridized carbons (Fsp3) is 0.0545. The van der Waals surface area contributed by atoms with Gasteiger partial charge < -0.3 is 4.57 Å². The first-order chi connectivity index (χ1) is 27.5. The molecule has 262 valence electrons. The molecule has 0 unspecified atom stereocenters. The van der Waals surface area contributed by atoms with Crippen molar-refractivity contribution in [2.45, 2.75) is 19.3 Å². The average molecular weight is 712 g/mol. The minimum atomic E-state index is -0.155. The monoisotopic (exact) mass is 711 g/mol. The Bertz CT molecular complexity index is 3450. The van der Waals surface area contributed by atoms with E-state index in [-0.39, 0.29) is 5.41 Å². The molecule has 1 aliphatic rings. The SMILES string of the molecule is CC1(C)c2cc(-c3ccc4ccccc4c3)ccc2-c2ccc3cc4ccc(-n5c6ccccc6c6cc(-c7ccc8ccccc8c7)ccc65)cc4cc3c21. The molecule has 12 rings (SSSR count). The van der Waals surface area contributed by atoms with Crippen LogP contribution in [-0.4, -0.2) is 4.57 Å². The van der Waals surface area contributed by atoms with Gasteiger partial charge in [0.1, 0.15) is 0 Å². The van der Waals surface area contributed by atoms with Gasteiger partial charge in [-0.05, 0) is 148 Å². The van der Waals surface area contributed by atoms with Gasteiger partial charge in [-0.25, -0.2) is 0 Å². The molecule has 0 saturated heterocycles. The quantitative estimate of drug-likeness (QED) is 0.161. The normalized spacial score (nSPS) is 13.3. The van der Waals surface area contributed by atoms with E-state index in [9.17, 15) is 0 Å². The molecule has 56 heavy (non-hydrogen) atoms. The van der Waals surface area contributed by atoms with Gasteiger partial charge in [0, 0.05) is 21.9 Å². The number of nitrogens with zero attached hydrogens (tertiary/aromatic N) is 1. The molecule has 1 nitrogen and oxygen atoms in total. The lowest BCUT2D eigenvalue weighted by molar-refractivity contribution is 0.666. The Morgan fingerprint density at radius 2 is 0.893 bits per heavy atom. The lowest BCUT2D eigenvalue weighted by Gasteiger charge is -2.24. The van der Waals surface area contributed by atoms with E-state index in [1.165, 1.54) is 115 Å². The summed E-state index contributed by atoms with van der Waals surface area (Å²) in [4.78, 5) is 0. The predicted octanol–water partition coefficient (Wildman–Crippen LogP) is 15.0. The Hall–Kier alpha value is -6.96. The molecule has 0 aliphatic heterocycles. The Labute approximate surface area is 325 Å². The molecule has 0 bridgehead atoms. The maximum atomic E-state index is 2.45. The number of hydrogen-bond donors (Lipinski definition) is 0. The predicted molar refractivity (Wildman–Crippen MR) is 239 cm³/mol. The minimum absolute atomic E-state index is 0.155. The molecular formula is C55H37N. The second kappa shape index (κ2) is 11.5. The van der Waals surface area contributed by atoms with Crippen molar-refractivity contribution in [1.82, 2.24) is 4.57 Å². The molecule has 0 atom stereocenters. The van der Waals surface area contributed by atoms with Crippen LogP contribution >= 0.6 is 0 Å². The van der Waals surface area contributed by atoms with E-state index in [2.05, 4.69) is 206 Å². The molecule has 0 spiro atoms. The number of benzene rings is 10. The first-order valence-electron chi connectivity index (χ1n) is 19.7. The fourth-order valence-electron chi connectivity index (χ4n) is 9.87. The molecule has 0 amide bonds. The van der Waals surface area contributed by atoms with Crippen molar-refractivity contribution < 1.29 is 0 Å². The number of para-hydroxylation sites is 1. The zero-order chi connectivity index (χ0) is 37.1. The van der Waals surface area contributed by atoms with Gasteiger partial charge in [0.2, 0.25) is 0 Å². The van der Waals surface area contributed by atoms with Crippen LogP contribution in [0.15, 0.2) is 188 Å². The van der Waals surface area contributed by atoms with Gasteiger partial charge in [-0.15, -0.1) is 0 Å². The van der Waals surface area contributed by atoms with Crippen molar-refractivity contribution in [3.63, 3.8) is 0 Å².